The van der Waals surface area contributed by atoms with E-state index >= 15 is 0 Å². The van der Waals surface area contributed by atoms with Crippen LogP contribution in [0.15, 0.2) is 53.1 Å². The lowest BCUT2D eigenvalue weighted by Gasteiger charge is -2.08. The van der Waals surface area contributed by atoms with Crippen molar-refractivity contribution in [2.24, 2.45) is 0 Å². The predicted molar refractivity (Wildman–Crippen MR) is 95.7 cm³/mol. The third-order valence-corrected chi connectivity index (χ3v) is 4.03. The fraction of sp³-hybridized carbons (Fsp3) is 0.200. The Morgan fingerprint density at radius 3 is 2.62 bits per heavy atom. The van der Waals surface area contributed by atoms with Crippen LogP contribution in [0.25, 0.3) is 0 Å². The van der Waals surface area contributed by atoms with Gasteiger partial charge in [0, 0.05) is 5.69 Å². The van der Waals surface area contributed by atoms with E-state index in [0.29, 0.717) is 17.0 Å². The number of benzene rings is 2. The zero-order chi connectivity index (χ0) is 18.5. The number of amides is 1. The van der Waals surface area contributed by atoms with Crippen LogP contribution in [0.2, 0.25) is 0 Å². The summed E-state index contributed by atoms with van der Waals surface area (Å²) in [4.78, 5) is 12.5. The molecule has 0 aliphatic carbocycles. The van der Waals surface area contributed by atoms with Crippen molar-refractivity contribution >= 4 is 11.6 Å². The fourth-order valence-electron chi connectivity index (χ4n) is 2.47. The first-order valence-corrected chi connectivity index (χ1v) is 8.31. The normalized spacial score (nSPS) is 10.6. The highest BCUT2D eigenvalue weighted by Crippen LogP contribution is 2.21. The number of carbonyl (C=O) groups excluding carboxylic acids is 1. The summed E-state index contributed by atoms with van der Waals surface area (Å²) in [5.41, 5.74) is 2.45. The first-order valence-electron chi connectivity index (χ1n) is 8.31. The number of hydrogen-bond acceptors (Lipinski definition) is 4. The van der Waals surface area contributed by atoms with Gasteiger partial charge in [0.05, 0.1) is 5.56 Å². The molecule has 0 aliphatic rings. The molecule has 0 saturated carbocycles. The minimum absolute atomic E-state index is 0.0200. The maximum absolute atomic E-state index is 13.7. The molecule has 0 bridgehead atoms. The zero-order valence-electron chi connectivity index (χ0n) is 14.6. The number of aromatic nitrogens is 1. The van der Waals surface area contributed by atoms with Crippen LogP contribution in [0.1, 0.15) is 34.3 Å². The molecule has 0 radical (unpaired) electrons. The summed E-state index contributed by atoms with van der Waals surface area (Å²) in [6.07, 6.45) is 0.925. The molecule has 0 aliphatic heterocycles. The number of anilines is 1. The second kappa shape index (κ2) is 7.82. The van der Waals surface area contributed by atoms with Crippen LogP contribution in [0.4, 0.5) is 10.1 Å². The number of carbonyl (C=O) groups is 1. The monoisotopic (exact) mass is 354 g/mol. The highest BCUT2D eigenvalue weighted by atomic mass is 19.1. The second-order valence-electron chi connectivity index (χ2n) is 5.79. The van der Waals surface area contributed by atoms with E-state index in [1.165, 1.54) is 17.7 Å². The Hall–Kier alpha value is -3.15. The van der Waals surface area contributed by atoms with Crippen LogP contribution in [0, 0.1) is 12.7 Å². The Labute approximate surface area is 150 Å². The lowest BCUT2D eigenvalue weighted by molar-refractivity contribution is 0.101. The fourth-order valence-corrected chi connectivity index (χ4v) is 2.47. The standard InChI is InChI=1S/C20H19FN2O3/c1-3-14-8-10-15(11-9-14)22-20(24)19-16(13(2)26-23-19)12-25-18-7-5-4-6-17(18)21/h4-11H,3,12H2,1-2H3,(H,22,24). The average molecular weight is 354 g/mol. The lowest BCUT2D eigenvalue weighted by Crippen LogP contribution is -2.15. The van der Waals surface area contributed by atoms with Crippen LogP contribution >= 0.6 is 0 Å². The van der Waals surface area contributed by atoms with Gasteiger partial charge in [0.15, 0.2) is 17.3 Å². The van der Waals surface area contributed by atoms with Gasteiger partial charge < -0.3 is 14.6 Å². The van der Waals surface area contributed by atoms with Crippen molar-refractivity contribution in [3.8, 4) is 5.75 Å². The first-order chi connectivity index (χ1) is 12.6. The van der Waals surface area contributed by atoms with Crippen molar-refractivity contribution in [2.75, 3.05) is 5.32 Å². The molecule has 5 nitrogen and oxygen atoms in total. The molecule has 0 saturated heterocycles. The van der Waals surface area contributed by atoms with E-state index in [1.54, 1.807) is 19.1 Å². The van der Waals surface area contributed by atoms with Crippen LogP contribution in [0.3, 0.4) is 0 Å². The maximum atomic E-state index is 13.7. The number of para-hydroxylation sites is 1. The van der Waals surface area contributed by atoms with Gasteiger partial charge in [-0.1, -0.05) is 36.3 Å². The summed E-state index contributed by atoms with van der Waals surface area (Å²) >= 11 is 0. The van der Waals surface area contributed by atoms with Gasteiger partial charge in [0.1, 0.15) is 12.4 Å². The van der Waals surface area contributed by atoms with Crippen LogP contribution in [-0.4, -0.2) is 11.1 Å². The van der Waals surface area contributed by atoms with Crippen molar-refractivity contribution in [3.05, 3.63) is 76.9 Å². The van der Waals surface area contributed by atoms with E-state index in [-0.39, 0.29) is 18.1 Å². The van der Waals surface area contributed by atoms with Gasteiger partial charge in [-0.15, -0.1) is 0 Å². The summed E-state index contributed by atoms with van der Waals surface area (Å²) in [6, 6.07) is 13.6. The Morgan fingerprint density at radius 1 is 1.19 bits per heavy atom. The molecule has 134 valence electrons. The van der Waals surface area contributed by atoms with Gasteiger partial charge in [-0.05, 0) is 43.2 Å². The predicted octanol–water partition coefficient (Wildman–Crippen LogP) is 4.52. The summed E-state index contributed by atoms with van der Waals surface area (Å²) in [6.45, 7) is 3.72. The average Bonchev–Trinajstić information content (AvgIpc) is 3.02. The minimum Gasteiger partial charge on any atom is -0.486 e. The number of nitrogens with zero attached hydrogens (tertiary/aromatic N) is 1. The maximum Gasteiger partial charge on any atom is 0.278 e. The van der Waals surface area contributed by atoms with Crippen LogP contribution in [0.5, 0.6) is 5.75 Å². The van der Waals surface area contributed by atoms with Gasteiger partial charge in [-0.2, -0.15) is 0 Å². The largest absolute Gasteiger partial charge is 0.486 e. The molecule has 0 fully saturated rings. The van der Waals surface area contributed by atoms with Crippen molar-refractivity contribution in [3.63, 3.8) is 0 Å². The van der Waals surface area contributed by atoms with Crippen molar-refractivity contribution in [2.45, 2.75) is 26.9 Å². The third kappa shape index (κ3) is 3.91. The molecule has 1 N–H and O–H groups in total. The molecule has 2 aromatic carbocycles. The number of rotatable bonds is 6. The molecule has 26 heavy (non-hydrogen) atoms. The Bertz CT molecular complexity index is 904. The lowest BCUT2D eigenvalue weighted by atomic mass is 10.1. The third-order valence-electron chi connectivity index (χ3n) is 4.03. The van der Waals surface area contributed by atoms with Crippen LogP contribution in [-0.2, 0) is 13.0 Å². The Morgan fingerprint density at radius 2 is 1.92 bits per heavy atom. The summed E-state index contributed by atoms with van der Waals surface area (Å²) in [7, 11) is 0. The van der Waals surface area contributed by atoms with E-state index < -0.39 is 11.7 Å². The molecule has 0 unspecified atom stereocenters. The minimum atomic E-state index is -0.469. The zero-order valence-corrected chi connectivity index (χ0v) is 14.6. The summed E-state index contributed by atoms with van der Waals surface area (Å²) in [5, 5.41) is 6.60. The molecule has 6 heteroatoms. The molecular formula is C20H19FN2O3. The molecule has 0 spiro atoms. The summed E-state index contributed by atoms with van der Waals surface area (Å²) < 4.78 is 24.3. The number of hydrogen-bond donors (Lipinski definition) is 1. The van der Waals surface area contributed by atoms with Crippen LogP contribution < -0.4 is 10.1 Å². The van der Waals surface area contributed by atoms with Crippen molar-refractivity contribution < 1.29 is 18.4 Å². The molecule has 3 aromatic rings. The van der Waals surface area contributed by atoms with E-state index in [2.05, 4.69) is 17.4 Å². The number of aryl methyl sites for hydroxylation is 2. The second-order valence-corrected chi connectivity index (χ2v) is 5.79. The number of nitrogens with one attached hydrogen (secondary N) is 1. The van der Waals surface area contributed by atoms with Crippen molar-refractivity contribution in [1.29, 1.82) is 0 Å². The van der Waals surface area contributed by atoms with Crippen molar-refractivity contribution in [1.82, 2.24) is 5.16 Å². The highest BCUT2D eigenvalue weighted by molar-refractivity contribution is 6.03. The van der Waals surface area contributed by atoms with E-state index in [4.69, 9.17) is 9.26 Å². The van der Waals surface area contributed by atoms with Gasteiger partial charge in [-0.3, -0.25) is 4.79 Å². The smallest absolute Gasteiger partial charge is 0.278 e. The summed E-state index contributed by atoms with van der Waals surface area (Å²) in [5.74, 6) is -0.315. The van der Waals surface area contributed by atoms with E-state index in [9.17, 15) is 9.18 Å². The highest BCUT2D eigenvalue weighted by Gasteiger charge is 2.21. The number of ether oxygens (including phenoxy) is 1. The quantitative estimate of drug-likeness (QED) is 0.707. The molecule has 3 rings (SSSR count). The molecular weight excluding hydrogens is 335 g/mol. The molecule has 0 atom stereocenters. The molecule has 1 aromatic heterocycles. The number of halogens is 1. The van der Waals surface area contributed by atoms with Gasteiger partial charge in [0.25, 0.3) is 5.91 Å². The topological polar surface area (TPSA) is 64.4 Å². The molecule has 1 amide bonds. The van der Waals surface area contributed by atoms with E-state index in [0.717, 1.165) is 6.42 Å². The van der Waals surface area contributed by atoms with Gasteiger partial charge in [0.2, 0.25) is 0 Å². The van der Waals surface area contributed by atoms with Gasteiger partial charge in [-0.25, -0.2) is 4.39 Å². The first kappa shape index (κ1) is 17.7. The van der Waals surface area contributed by atoms with E-state index in [1.807, 2.05) is 24.3 Å². The Balaban J connectivity index is 1.73. The van der Waals surface area contributed by atoms with Gasteiger partial charge >= 0.3 is 0 Å². The molecule has 1 heterocycles. The Kier molecular flexibility index (Phi) is 5.31. The SMILES string of the molecule is CCc1ccc(NC(=O)c2noc(C)c2COc2ccccc2F)cc1.